The molecule has 0 unspecified atom stereocenters. The van der Waals surface area contributed by atoms with E-state index in [2.05, 4.69) is 185 Å². The first-order chi connectivity index (χ1) is 24.8. The molecule has 3 nitrogen and oxygen atoms in total. The number of benzene rings is 9. The van der Waals surface area contributed by atoms with Gasteiger partial charge in [-0.15, -0.1) is 0 Å². The molecule has 0 spiro atoms. The van der Waals surface area contributed by atoms with Gasteiger partial charge in [0.25, 0.3) is 0 Å². The van der Waals surface area contributed by atoms with Crippen molar-refractivity contribution in [2.45, 2.75) is 0 Å². The highest BCUT2D eigenvalue weighted by atomic mass is 15.1. The van der Waals surface area contributed by atoms with E-state index >= 15 is 0 Å². The molecule has 11 rings (SSSR count). The van der Waals surface area contributed by atoms with E-state index < -0.39 is 0 Å². The van der Waals surface area contributed by atoms with Crippen LogP contribution in [0.5, 0.6) is 0 Å². The quantitative estimate of drug-likeness (QED) is 0.176. The second-order valence-electron chi connectivity index (χ2n) is 13.2. The molecule has 0 saturated heterocycles. The lowest BCUT2D eigenvalue weighted by Crippen LogP contribution is -1.97. The average Bonchev–Trinajstić information content (AvgIpc) is 3.74. The van der Waals surface area contributed by atoms with E-state index in [0.29, 0.717) is 0 Å². The van der Waals surface area contributed by atoms with Crippen molar-refractivity contribution in [2.75, 3.05) is 0 Å². The molecule has 50 heavy (non-hydrogen) atoms. The Morgan fingerprint density at radius 3 is 1.76 bits per heavy atom. The van der Waals surface area contributed by atoms with Gasteiger partial charge in [0, 0.05) is 27.7 Å². The Hall–Kier alpha value is -6.71. The Kier molecular flexibility index (Phi) is 5.67. The van der Waals surface area contributed by atoms with Gasteiger partial charge in [0.15, 0.2) is 0 Å². The minimum atomic E-state index is 0.943. The zero-order chi connectivity index (χ0) is 32.8. The molecule has 0 amide bonds. The van der Waals surface area contributed by atoms with Gasteiger partial charge in [0.1, 0.15) is 5.82 Å². The van der Waals surface area contributed by atoms with Crippen LogP contribution in [0, 0.1) is 0 Å². The van der Waals surface area contributed by atoms with Gasteiger partial charge in [-0.05, 0) is 92.0 Å². The van der Waals surface area contributed by atoms with E-state index in [0.717, 1.165) is 28.1 Å². The van der Waals surface area contributed by atoms with E-state index in [1.165, 1.54) is 70.9 Å². The Morgan fingerprint density at radius 1 is 0.360 bits per heavy atom. The van der Waals surface area contributed by atoms with Gasteiger partial charge in [-0.3, -0.25) is 4.57 Å². The molecule has 11 aromatic rings. The summed E-state index contributed by atoms with van der Waals surface area (Å²) in [7, 11) is 0. The summed E-state index contributed by atoms with van der Waals surface area (Å²) in [6, 6.07) is 63.6. The molecular formula is C47H29N3. The molecule has 2 aromatic heterocycles. The summed E-state index contributed by atoms with van der Waals surface area (Å²) in [6.07, 6.45) is 0. The third kappa shape index (κ3) is 3.83. The van der Waals surface area contributed by atoms with Crippen LogP contribution >= 0.6 is 0 Å². The van der Waals surface area contributed by atoms with Crippen LogP contribution in [0.3, 0.4) is 0 Å². The van der Waals surface area contributed by atoms with Gasteiger partial charge in [-0.1, -0.05) is 127 Å². The molecule has 0 fully saturated rings. The van der Waals surface area contributed by atoms with E-state index in [-0.39, 0.29) is 0 Å². The van der Waals surface area contributed by atoms with Crippen molar-refractivity contribution in [2.24, 2.45) is 0 Å². The van der Waals surface area contributed by atoms with Gasteiger partial charge < -0.3 is 4.57 Å². The number of hydrogen-bond donors (Lipinski definition) is 0. The molecule has 0 aliphatic carbocycles. The van der Waals surface area contributed by atoms with Gasteiger partial charge in [-0.25, -0.2) is 4.98 Å². The number of fused-ring (bicyclic) bond motifs is 5. The van der Waals surface area contributed by atoms with Crippen molar-refractivity contribution in [1.29, 1.82) is 0 Å². The average molecular weight is 636 g/mol. The van der Waals surface area contributed by atoms with Crippen molar-refractivity contribution in [1.82, 2.24) is 14.1 Å². The monoisotopic (exact) mass is 635 g/mol. The fraction of sp³-hybridized carbons (Fsp3) is 0. The number of para-hydroxylation sites is 5. The predicted octanol–water partition coefficient (Wildman–Crippen LogP) is 12.4. The normalized spacial score (nSPS) is 12.0. The molecular weight excluding hydrogens is 607 g/mol. The van der Waals surface area contributed by atoms with Crippen molar-refractivity contribution in [3.8, 4) is 33.9 Å². The van der Waals surface area contributed by atoms with Crippen molar-refractivity contribution >= 4 is 65.2 Å². The highest BCUT2D eigenvalue weighted by Crippen LogP contribution is 2.45. The lowest BCUT2D eigenvalue weighted by Gasteiger charge is -2.16. The van der Waals surface area contributed by atoms with E-state index in [1.54, 1.807) is 0 Å². The van der Waals surface area contributed by atoms with Crippen LogP contribution in [0.15, 0.2) is 176 Å². The summed E-state index contributed by atoms with van der Waals surface area (Å²) in [6.45, 7) is 0. The maximum absolute atomic E-state index is 5.10. The van der Waals surface area contributed by atoms with Crippen LogP contribution in [0.2, 0.25) is 0 Å². The van der Waals surface area contributed by atoms with Crippen LogP contribution in [-0.4, -0.2) is 14.1 Å². The molecule has 0 atom stereocenters. The van der Waals surface area contributed by atoms with Crippen molar-refractivity contribution in [3.63, 3.8) is 0 Å². The predicted molar refractivity (Wildman–Crippen MR) is 210 cm³/mol. The summed E-state index contributed by atoms with van der Waals surface area (Å²) >= 11 is 0. The lowest BCUT2D eigenvalue weighted by molar-refractivity contribution is 1.10. The molecule has 0 saturated carbocycles. The van der Waals surface area contributed by atoms with Crippen LogP contribution in [0.25, 0.3) is 99.0 Å². The Bertz CT molecular complexity index is 3060. The van der Waals surface area contributed by atoms with Crippen LogP contribution in [0.4, 0.5) is 0 Å². The van der Waals surface area contributed by atoms with Crippen LogP contribution in [0.1, 0.15) is 0 Å². The number of rotatable bonds is 4. The molecule has 9 aromatic carbocycles. The number of imidazole rings is 1. The van der Waals surface area contributed by atoms with Crippen molar-refractivity contribution < 1.29 is 0 Å². The number of hydrogen-bond acceptors (Lipinski definition) is 1. The van der Waals surface area contributed by atoms with Gasteiger partial charge in [0.2, 0.25) is 0 Å². The number of aromatic nitrogens is 3. The molecule has 2 heterocycles. The van der Waals surface area contributed by atoms with Crippen molar-refractivity contribution in [3.05, 3.63) is 176 Å². The summed E-state index contributed by atoms with van der Waals surface area (Å²) in [5.74, 6) is 0.943. The molecule has 0 bridgehead atoms. The maximum atomic E-state index is 5.10. The zero-order valence-electron chi connectivity index (χ0n) is 27.1. The molecule has 0 radical (unpaired) electrons. The third-order valence-corrected chi connectivity index (χ3v) is 10.5. The third-order valence-electron chi connectivity index (χ3n) is 10.5. The second-order valence-corrected chi connectivity index (χ2v) is 13.2. The summed E-state index contributed by atoms with van der Waals surface area (Å²) in [5, 5.41) is 10.3. The Labute approximate surface area is 288 Å². The van der Waals surface area contributed by atoms with Gasteiger partial charge in [-0.2, -0.15) is 0 Å². The van der Waals surface area contributed by atoms with E-state index in [9.17, 15) is 0 Å². The maximum Gasteiger partial charge on any atom is 0.145 e. The molecule has 0 aliphatic rings. The summed E-state index contributed by atoms with van der Waals surface area (Å²) in [4.78, 5) is 5.10. The van der Waals surface area contributed by atoms with Gasteiger partial charge in [0.05, 0.1) is 22.1 Å². The Balaban J connectivity index is 1.11. The summed E-state index contributed by atoms with van der Waals surface area (Å²) in [5.41, 5.74) is 10.4. The standard InChI is InChI=1S/C47H29N3/c1-3-11-34(12-4-1)49-41-17-9-7-15-38(41)46-39-28-24-31-23-26-36(37-27-25-33(29-43(46)49)45(39)44(31)37)30-19-21-32(22-20-30)47-48-40-16-8-10-18-42(40)50(47)35-13-5-2-6-14-35/h1-29H. The van der Waals surface area contributed by atoms with E-state index in [1.807, 2.05) is 0 Å². The molecule has 3 heteroatoms. The first kappa shape index (κ1) is 27.3. The first-order valence-corrected chi connectivity index (χ1v) is 17.1. The van der Waals surface area contributed by atoms with Gasteiger partial charge >= 0.3 is 0 Å². The SMILES string of the molecule is c1ccc(-n2c(-c3ccc(-c4ccc5ccc6c7c(ccc4c57)cc4c6c5ccccc5n4-c4ccccc4)cc3)nc3ccccc32)cc1. The highest BCUT2D eigenvalue weighted by Gasteiger charge is 2.20. The zero-order valence-corrected chi connectivity index (χ0v) is 27.1. The summed E-state index contributed by atoms with van der Waals surface area (Å²) < 4.78 is 4.67. The van der Waals surface area contributed by atoms with Crippen LogP contribution in [-0.2, 0) is 0 Å². The number of nitrogens with zero attached hydrogens (tertiary/aromatic N) is 3. The minimum absolute atomic E-state index is 0.943. The first-order valence-electron chi connectivity index (χ1n) is 17.1. The molecule has 0 aliphatic heterocycles. The fourth-order valence-electron chi connectivity index (χ4n) is 8.29. The lowest BCUT2D eigenvalue weighted by atomic mass is 9.88. The molecule has 232 valence electrons. The van der Waals surface area contributed by atoms with Crippen LogP contribution < -0.4 is 0 Å². The fourth-order valence-corrected chi connectivity index (χ4v) is 8.29. The highest BCUT2D eigenvalue weighted by molar-refractivity contribution is 6.34. The Morgan fingerprint density at radius 2 is 0.960 bits per heavy atom. The smallest absolute Gasteiger partial charge is 0.145 e. The largest absolute Gasteiger partial charge is 0.309 e. The minimum Gasteiger partial charge on any atom is -0.309 e. The topological polar surface area (TPSA) is 22.8 Å². The van der Waals surface area contributed by atoms with E-state index in [4.69, 9.17) is 4.98 Å². The molecule has 0 N–H and O–H groups in total. The second kappa shape index (κ2) is 10.4.